The third-order valence-electron chi connectivity index (χ3n) is 3.25. The molecule has 0 spiro atoms. The van der Waals surface area contributed by atoms with Gasteiger partial charge in [0.2, 0.25) is 0 Å². The monoisotopic (exact) mass is 356 g/mol. The van der Waals surface area contributed by atoms with E-state index in [-0.39, 0.29) is 12.5 Å². The zero-order valence-electron chi connectivity index (χ0n) is 14.6. The maximum absolute atomic E-state index is 11.8. The second kappa shape index (κ2) is 9.83. The molecule has 0 aromatic heterocycles. The summed E-state index contributed by atoms with van der Waals surface area (Å²) in [4.78, 5) is 28.1. The Bertz CT molecular complexity index is 755. The molecule has 26 heavy (non-hydrogen) atoms. The Morgan fingerprint density at radius 3 is 2.38 bits per heavy atom. The number of anilines is 1. The van der Waals surface area contributed by atoms with Crippen LogP contribution < -0.4 is 10.1 Å². The number of amides is 1. The van der Waals surface area contributed by atoms with Crippen molar-refractivity contribution < 1.29 is 23.9 Å². The van der Waals surface area contributed by atoms with Crippen LogP contribution in [0.1, 0.15) is 22.8 Å². The summed E-state index contributed by atoms with van der Waals surface area (Å²) in [5.74, 6) is 0.00705. The molecule has 1 N–H and O–H groups in total. The lowest BCUT2D eigenvalue weighted by Gasteiger charge is -2.06. The van der Waals surface area contributed by atoms with E-state index >= 15 is 0 Å². The number of nitrogens with one attached hydrogen (secondary N) is 1. The topological polar surface area (TPSA) is 86.2 Å². The maximum atomic E-state index is 11.8. The van der Waals surface area contributed by atoms with Crippen LogP contribution in [0, 0.1) is 0 Å². The SMILES string of the molecule is CCOc1ccc(NC(=O)CO/N=C\c2ccc(C(=O)OC)cc2)cc1. The van der Waals surface area contributed by atoms with Gasteiger partial charge in [0.15, 0.2) is 6.61 Å². The molecule has 2 aromatic rings. The molecule has 0 bridgehead atoms. The van der Waals surface area contributed by atoms with E-state index in [0.717, 1.165) is 11.3 Å². The van der Waals surface area contributed by atoms with Crippen molar-refractivity contribution in [3.63, 3.8) is 0 Å². The normalized spacial score (nSPS) is 10.4. The van der Waals surface area contributed by atoms with Crippen LogP contribution >= 0.6 is 0 Å². The number of carbonyl (C=O) groups is 2. The van der Waals surface area contributed by atoms with E-state index in [1.54, 1.807) is 48.5 Å². The van der Waals surface area contributed by atoms with Crippen LogP contribution in [0.5, 0.6) is 5.75 Å². The van der Waals surface area contributed by atoms with Gasteiger partial charge in [0, 0.05) is 5.69 Å². The quantitative estimate of drug-likeness (QED) is 0.446. The van der Waals surface area contributed by atoms with Crippen LogP contribution in [0.4, 0.5) is 5.69 Å². The number of nitrogens with zero attached hydrogens (tertiary/aromatic N) is 1. The standard InChI is InChI=1S/C19H20N2O5/c1-3-25-17-10-8-16(9-11-17)21-18(22)13-26-20-12-14-4-6-15(7-5-14)19(23)24-2/h4-12H,3,13H2,1-2H3,(H,21,22)/b20-12-. The van der Waals surface area contributed by atoms with Gasteiger partial charge in [0.25, 0.3) is 5.91 Å². The van der Waals surface area contributed by atoms with E-state index in [2.05, 4.69) is 15.2 Å². The fourth-order valence-corrected chi connectivity index (χ4v) is 2.02. The highest BCUT2D eigenvalue weighted by atomic mass is 16.6. The van der Waals surface area contributed by atoms with Crippen LogP contribution in [0.25, 0.3) is 0 Å². The van der Waals surface area contributed by atoms with E-state index in [9.17, 15) is 9.59 Å². The van der Waals surface area contributed by atoms with Crippen molar-refractivity contribution in [1.82, 2.24) is 0 Å². The molecule has 136 valence electrons. The molecule has 0 aliphatic rings. The first-order valence-electron chi connectivity index (χ1n) is 7.98. The minimum atomic E-state index is -0.407. The summed E-state index contributed by atoms with van der Waals surface area (Å²) in [5.41, 5.74) is 1.81. The Morgan fingerprint density at radius 1 is 1.08 bits per heavy atom. The lowest BCUT2D eigenvalue weighted by molar-refractivity contribution is -0.120. The van der Waals surface area contributed by atoms with Crippen molar-refractivity contribution in [3.05, 3.63) is 59.7 Å². The molecule has 7 nitrogen and oxygen atoms in total. The first-order chi connectivity index (χ1) is 12.6. The molecule has 1 amide bonds. The number of ether oxygens (including phenoxy) is 2. The van der Waals surface area contributed by atoms with E-state index < -0.39 is 5.97 Å². The van der Waals surface area contributed by atoms with Crippen LogP contribution in [0.15, 0.2) is 53.7 Å². The van der Waals surface area contributed by atoms with Crippen LogP contribution in [-0.4, -0.2) is 38.4 Å². The van der Waals surface area contributed by atoms with Gasteiger partial charge in [-0.2, -0.15) is 0 Å². The number of methoxy groups -OCH3 is 1. The molecule has 0 atom stereocenters. The molecule has 2 aromatic carbocycles. The fourth-order valence-electron chi connectivity index (χ4n) is 2.02. The summed E-state index contributed by atoms with van der Waals surface area (Å²) in [5, 5.41) is 6.43. The molecule has 0 saturated heterocycles. The number of esters is 1. The average Bonchev–Trinajstić information content (AvgIpc) is 2.67. The fraction of sp³-hybridized carbons (Fsp3) is 0.211. The molecule has 0 fully saturated rings. The van der Waals surface area contributed by atoms with Crippen molar-refractivity contribution >= 4 is 23.8 Å². The molecular weight excluding hydrogens is 336 g/mol. The first kappa shape index (κ1) is 19.0. The summed E-state index contributed by atoms with van der Waals surface area (Å²) in [6, 6.07) is 13.7. The summed E-state index contributed by atoms with van der Waals surface area (Å²) >= 11 is 0. The van der Waals surface area contributed by atoms with Crippen LogP contribution in [-0.2, 0) is 14.4 Å². The second-order valence-electron chi connectivity index (χ2n) is 5.13. The van der Waals surface area contributed by atoms with Gasteiger partial charge in [0.05, 0.1) is 25.5 Å². The van der Waals surface area contributed by atoms with Crippen molar-refractivity contribution in [3.8, 4) is 5.75 Å². The van der Waals surface area contributed by atoms with Gasteiger partial charge < -0.3 is 19.6 Å². The Hall–Kier alpha value is -3.35. The maximum Gasteiger partial charge on any atom is 0.337 e. The van der Waals surface area contributed by atoms with E-state index in [0.29, 0.717) is 17.9 Å². The van der Waals surface area contributed by atoms with Crippen molar-refractivity contribution in [2.24, 2.45) is 5.16 Å². The Kier molecular flexibility index (Phi) is 7.17. The number of carbonyl (C=O) groups excluding carboxylic acids is 2. The van der Waals surface area contributed by atoms with Crippen molar-refractivity contribution in [1.29, 1.82) is 0 Å². The Labute approximate surface area is 151 Å². The summed E-state index contributed by atoms with van der Waals surface area (Å²) in [6.07, 6.45) is 1.45. The number of hydrogen-bond acceptors (Lipinski definition) is 6. The predicted octanol–water partition coefficient (Wildman–Crippen LogP) is 2.86. The van der Waals surface area contributed by atoms with Crippen molar-refractivity contribution in [2.45, 2.75) is 6.92 Å². The van der Waals surface area contributed by atoms with Gasteiger partial charge in [-0.15, -0.1) is 0 Å². The molecular formula is C19H20N2O5. The lowest BCUT2D eigenvalue weighted by Crippen LogP contribution is -2.16. The van der Waals surface area contributed by atoms with Gasteiger partial charge in [-0.3, -0.25) is 4.79 Å². The third kappa shape index (κ3) is 5.94. The molecule has 2 rings (SSSR count). The number of rotatable bonds is 8. The minimum absolute atomic E-state index is 0.218. The molecule has 0 saturated carbocycles. The molecule has 0 aliphatic carbocycles. The highest BCUT2D eigenvalue weighted by Gasteiger charge is 2.04. The Morgan fingerprint density at radius 2 is 1.77 bits per heavy atom. The summed E-state index contributed by atoms with van der Waals surface area (Å²) in [6.45, 7) is 2.27. The minimum Gasteiger partial charge on any atom is -0.494 e. The zero-order valence-corrected chi connectivity index (χ0v) is 14.6. The highest BCUT2D eigenvalue weighted by molar-refractivity contribution is 5.92. The van der Waals surface area contributed by atoms with Gasteiger partial charge in [-0.25, -0.2) is 4.79 Å². The summed E-state index contributed by atoms with van der Waals surface area (Å²) in [7, 11) is 1.32. The van der Waals surface area contributed by atoms with E-state index in [1.165, 1.54) is 13.3 Å². The predicted molar refractivity (Wildman–Crippen MR) is 97.6 cm³/mol. The molecule has 7 heteroatoms. The van der Waals surface area contributed by atoms with Crippen LogP contribution in [0.3, 0.4) is 0 Å². The molecule has 0 unspecified atom stereocenters. The number of hydrogen-bond donors (Lipinski definition) is 1. The number of benzene rings is 2. The first-order valence-corrected chi connectivity index (χ1v) is 7.98. The largest absolute Gasteiger partial charge is 0.494 e. The second-order valence-corrected chi connectivity index (χ2v) is 5.13. The van der Waals surface area contributed by atoms with Crippen molar-refractivity contribution in [2.75, 3.05) is 25.6 Å². The van der Waals surface area contributed by atoms with Gasteiger partial charge in [0.1, 0.15) is 5.75 Å². The van der Waals surface area contributed by atoms with Crippen LogP contribution in [0.2, 0.25) is 0 Å². The Balaban J connectivity index is 1.76. The zero-order chi connectivity index (χ0) is 18.8. The average molecular weight is 356 g/mol. The molecule has 0 aliphatic heterocycles. The third-order valence-corrected chi connectivity index (χ3v) is 3.25. The lowest BCUT2D eigenvalue weighted by atomic mass is 10.1. The van der Waals surface area contributed by atoms with Gasteiger partial charge in [-0.1, -0.05) is 17.3 Å². The highest BCUT2D eigenvalue weighted by Crippen LogP contribution is 2.15. The van der Waals surface area contributed by atoms with E-state index in [4.69, 9.17) is 9.57 Å². The smallest absolute Gasteiger partial charge is 0.337 e. The summed E-state index contributed by atoms with van der Waals surface area (Å²) < 4.78 is 9.95. The molecule has 0 radical (unpaired) electrons. The van der Waals surface area contributed by atoms with E-state index in [1.807, 2.05) is 6.92 Å². The molecule has 0 heterocycles. The number of oxime groups is 1. The van der Waals surface area contributed by atoms with Gasteiger partial charge in [-0.05, 0) is 48.9 Å². The van der Waals surface area contributed by atoms with Gasteiger partial charge >= 0.3 is 5.97 Å².